The van der Waals surface area contributed by atoms with Gasteiger partial charge in [0.25, 0.3) is 0 Å². The molecule has 5 rings (SSSR count). The number of ketones is 1. The fourth-order valence-electron chi connectivity index (χ4n) is 5.36. The number of nitrogens with zero attached hydrogens (tertiary/aromatic N) is 2. The molecule has 1 aromatic rings. The summed E-state index contributed by atoms with van der Waals surface area (Å²) < 4.78 is 5.79. The summed E-state index contributed by atoms with van der Waals surface area (Å²) >= 11 is 0. The van der Waals surface area contributed by atoms with Crippen LogP contribution in [0.4, 0.5) is 5.69 Å². The van der Waals surface area contributed by atoms with E-state index in [1.807, 2.05) is 32.0 Å². The maximum atomic E-state index is 13.9. The molecular formula is C22H21N3O3. The van der Waals surface area contributed by atoms with E-state index >= 15 is 0 Å². The summed E-state index contributed by atoms with van der Waals surface area (Å²) in [5, 5.41) is 9.98. The number of para-hydroxylation sites is 1. The van der Waals surface area contributed by atoms with Crippen molar-refractivity contribution in [1.29, 1.82) is 5.26 Å². The van der Waals surface area contributed by atoms with Crippen molar-refractivity contribution >= 4 is 17.4 Å². The van der Waals surface area contributed by atoms with Crippen LogP contribution in [0.3, 0.4) is 0 Å². The van der Waals surface area contributed by atoms with Gasteiger partial charge in [0.1, 0.15) is 22.8 Å². The third kappa shape index (κ3) is 1.86. The van der Waals surface area contributed by atoms with E-state index in [1.54, 1.807) is 4.90 Å². The summed E-state index contributed by atoms with van der Waals surface area (Å²) in [6.07, 6.45) is 2.52. The second-order valence-corrected chi connectivity index (χ2v) is 8.82. The summed E-state index contributed by atoms with van der Waals surface area (Å²) in [5.74, 6) is -0.0311. The van der Waals surface area contributed by atoms with Gasteiger partial charge in [-0.05, 0) is 23.8 Å². The average molecular weight is 375 g/mol. The molecule has 0 saturated heterocycles. The first-order chi connectivity index (χ1) is 13.3. The standard InChI is InChI=1S/C22H21N3O3/c1-21(2)9-15(26)17-16(10-21)28-19(24)14(11-23)22(17)13-7-3-5-12-6-4-8-25(18(12)13)20(22)27/h3,5,7H,4,6,8-10,24H2,1-2H3/t22-/m0/s1. The molecule has 4 aliphatic rings. The highest BCUT2D eigenvalue weighted by molar-refractivity contribution is 6.20. The minimum atomic E-state index is -1.48. The summed E-state index contributed by atoms with van der Waals surface area (Å²) in [7, 11) is 0. The number of carbonyl (C=O) groups is 2. The fraction of sp³-hybridized carbons (Fsp3) is 0.409. The molecule has 3 aliphatic heterocycles. The molecule has 0 saturated carbocycles. The Balaban J connectivity index is 1.89. The van der Waals surface area contributed by atoms with E-state index in [4.69, 9.17) is 10.5 Å². The van der Waals surface area contributed by atoms with Crippen LogP contribution in [0.25, 0.3) is 0 Å². The maximum absolute atomic E-state index is 13.9. The Morgan fingerprint density at radius 1 is 1.25 bits per heavy atom. The molecule has 1 atom stereocenters. The molecular weight excluding hydrogens is 354 g/mol. The van der Waals surface area contributed by atoms with Crippen LogP contribution < -0.4 is 10.6 Å². The number of nitriles is 1. The van der Waals surface area contributed by atoms with Gasteiger partial charge in [-0.3, -0.25) is 9.59 Å². The molecule has 1 spiro atoms. The summed E-state index contributed by atoms with van der Waals surface area (Å²) in [4.78, 5) is 29.0. The van der Waals surface area contributed by atoms with Crippen LogP contribution in [0.15, 0.2) is 41.0 Å². The van der Waals surface area contributed by atoms with Gasteiger partial charge in [-0.15, -0.1) is 0 Å². The van der Waals surface area contributed by atoms with E-state index in [-0.39, 0.29) is 28.6 Å². The molecule has 6 heteroatoms. The number of allylic oxidation sites excluding steroid dienone is 1. The smallest absolute Gasteiger partial charge is 0.247 e. The minimum absolute atomic E-state index is 0.0344. The predicted octanol–water partition coefficient (Wildman–Crippen LogP) is 2.58. The zero-order valence-corrected chi connectivity index (χ0v) is 16.0. The summed E-state index contributed by atoms with van der Waals surface area (Å²) in [5.41, 5.74) is 7.34. The lowest BCUT2D eigenvalue weighted by Gasteiger charge is -2.41. The van der Waals surface area contributed by atoms with Crippen LogP contribution in [0.2, 0.25) is 0 Å². The van der Waals surface area contributed by atoms with Crippen molar-refractivity contribution in [1.82, 2.24) is 0 Å². The van der Waals surface area contributed by atoms with Crippen molar-refractivity contribution in [3.05, 3.63) is 52.1 Å². The zero-order valence-electron chi connectivity index (χ0n) is 16.0. The molecule has 0 bridgehead atoms. The Hall–Kier alpha value is -3.07. The second-order valence-electron chi connectivity index (χ2n) is 8.82. The van der Waals surface area contributed by atoms with Gasteiger partial charge in [0, 0.05) is 24.9 Å². The normalized spacial score (nSPS) is 27.5. The number of benzene rings is 1. The van der Waals surface area contributed by atoms with E-state index in [9.17, 15) is 14.9 Å². The molecule has 0 radical (unpaired) electrons. The van der Waals surface area contributed by atoms with Crippen LogP contribution in [-0.2, 0) is 26.2 Å². The number of hydrogen-bond acceptors (Lipinski definition) is 5. The van der Waals surface area contributed by atoms with Crippen LogP contribution in [0.1, 0.15) is 44.2 Å². The number of rotatable bonds is 0. The van der Waals surface area contributed by atoms with Gasteiger partial charge in [-0.2, -0.15) is 5.26 Å². The van der Waals surface area contributed by atoms with E-state index in [1.165, 1.54) is 0 Å². The van der Waals surface area contributed by atoms with E-state index in [0.29, 0.717) is 36.3 Å². The Bertz CT molecular complexity index is 1070. The molecule has 1 aliphatic carbocycles. The zero-order chi connectivity index (χ0) is 19.8. The number of aryl methyl sites for hydroxylation is 1. The van der Waals surface area contributed by atoms with Gasteiger partial charge in [0.05, 0.1) is 11.3 Å². The molecule has 142 valence electrons. The van der Waals surface area contributed by atoms with Crippen molar-refractivity contribution < 1.29 is 14.3 Å². The van der Waals surface area contributed by atoms with E-state index < -0.39 is 5.41 Å². The number of carbonyl (C=O) groups excluding carboxylic acids is 2. The molecule has 0 aromatic heterocycles. The largest absolute Gasteiger partial charge is 0.444 e. The van der Waals surface area contributed by atoms with Crippen LogP contribution in [0.5, 0.6) is 0 Å². The summed E-state index contributed by atoms with van der Waals surface area (Å²) in [6, 6.07) is 7.88. The Kier molecular flexibility index (Phi) is 3.20. The molecule has 1 amide bonds. The Labute approximate surface area is 163 Å². The number of amides is 1. The molecule has 0 fully saturated rings. The van der Waals surface area contributed by atoms with Crippen molar-refractivity contribution in [3.8, 4) is 6.07 Å². The number of ether oxygens (including phenoxy) is 1. The lowest BCUT2D eigenvalue weighted by atomic mass is 9.62. The average Bonchev–Trinajstić information content (AvgIpc) is 2.86. The van der Waals surface area contributed by atoms with Crippen molar-refractivity contribution in [3.63, 3.8) is 0 Å². The van der Waals surface area contributed by atoms with Crippen LogP contribution in [0, 0.1) is 16.7 Å². The fourth-order valence-corrected chi connectivity index (χ4v) is 5.36. The van der Waals surface area contributed by atoms with Crippen LogP contribution >= 0.6 is 0 Å². The third-order valence-corrected chi connectivity index (χ3v) is 6.36. The van der Waals surface area contributed by atoms with E-state index in [2.05, 4.69) is 6.07 Å². The van der Waals surface area contributed by atoms with Gasteiger partial charge in [0.15, 0.2) is 5.78 Å². The third-order valence-electron chi connectivity index (χ3n) is 6.36. The first-order valence-corrected chi connectivity index (χ1v) is 9.60. The number of hydrogen-bond donors (Lipinski definition) is 1. The van der Waals surface area contributed by atoms with Gasteiger partial charge in [-0.25, -0.2) is 0 Å². The first-order valence-electron chi connectivity index (χ1n) is 9.60. The highest BCUT2D eigenvalue weighted by Gasteiger charge is 2.63. The molecule has 1 aromatic carbocycles. The van der Waals surface area contributed by atoms with E-state index in [0.717, 1.165) is 24.1 Å². The summed E-state index contributed by atoms with van der Waals surface area (Å²) in [6.45, 7) is 4.56. The quantitative estimate of drug-likeness (QED) is 0.752. The van der Waals surface area contributed by atoms with Gasteiger partial charge in [-0.1, -0.05) is 32.0 Å². The SMILES string of the molecule is CC1(C)CC(=O)C2=C(C1)OC(N)=C(C#N)[C@]21C(=O)N2CCCc3cccc1c32. The molecule has 2 N–H and O–H groups in total. The topological polar surface area (TPSA) is 96.4 Å². The molecule has 28 heavy (non-hydrogen) atoms. The first kappa shape index (κ1) is 17.1. The Morgan fingerprint density at radius 3 is 2.79 bits per heavy atom. The second kappa shape index (κ2) is 5.26. The lowest BCUT2D eigenvalue weighted by molar-refractivity contribution is -0.125. The Morgan fingerprint density at radius 2 is 2.04 bits per heavy atom. The van der Waals surface area contributed by atoms with Gasteiger partial charge < -0.3 is 15.4 Å². The monoisotopic (exact) mass is 375 g/mol. The lowest BCUT2D eigenvalue weighted by Crippen LogP contribution is -2.50. The molecule has 0 unspecified atom stereocenters. The molecule has 3 heterocycles. The minimum Gasteiger partial charge on any atom is -0.444 e. The van der Waals surface area contributed by atoms with Crippen molar-refractivity contribution in [2.24, 2.45) is 11.1 Å². The van der Waals surface area contributed by atoms with Crippen LogP contribution in [-0.4, -0.2) is 18.2 Å². The van der Waals surface area contributed by atoms with Crippen molar-refractivity contribution in [2.45, 2.75) is 44.9 Å². The highest BCUT2D eigenvalue weighted by atomic mass is 16.5. The number of Topliss-reactive ketones (excluding diaryl/α,β-unsaturated/α-hetero) is 1. The number of anilines is 1. The van der Waals surface area contributed by atoms with Crippen molar-refractivity contribution in [2.75, 3.05) is 11.4 Å². The number of nitrogens with two attached hydrogens (primary N) is 1. The number of fused-ring (bicyclic) bond motifs is 2. The predicted molar refractivity (Wildman–Crippen MR) is 102 cm³/mol. The van der Waals surface area contributed by atoms with Gasteiger partial charge >= 0.3 is 0 Å². The van der Waals surface area contributed by atoms with Gasteiger partial charge in [0.2, 0.25) is 11.8 Å². The highest BCUT2D eigenvalue weighted by Crippen LogP contribution is 2.58. The molecule has 6 nitrogen and oxygen atoms in total. The maximum Gasteiger partial charge on any atom is 0.247 e.